The van der Waals surface area contributed by atoms with Gasteiger partial charge in [-0.05, 0) is 53.3 Å². The van der Waals surface area contributed by atoms with E-state index in [0.29, 0.717) is 12.8 Å². The first kappa shape index (κ1) is 24.0. The summed E-state index contributed by atoms with van der Waals surface area (Å²) in [6.45, 7) is 4.30. The molecule has 0 aliphatic heterocycles. The summed E-state index contributed by atoms with van der Waals surface area (Å²) in [6.07, 6.45) is 3.47. The van der Waals surface area contributed by atoms with Gasteiger partial charge in [0.25, 0.3) is 0 Å². The van der Waals surface area contributed by atoms with E-state index in [1.54, 1.807) is 0 Å². The van der Waals surface area contributed by atoms with E-state index in [1.165, 1.54) is 50.8 Å². The number of benzene rings is 3. The van der Waals surface area contributed by atoms with Gasteiger partial charge in [-0.1, -0.05) is 78.4 Å². The van der Waals surface area contributed by atoms with Crippen molar-refractivity contribution in [1.82, 2.24) is 0 Å². The van der Waals surface area contributed by atoms with Gasteiger partial charge in [0.2, 0.25) is 0 Å². The number of methoxy groups -OCH3 is 1. The van der Waals surface area contributed by atoms with Crippen LogP contribution >= 0.6 is 11.8 Å². The third kappa shape index (κ3) is 6.67. The van der Waals surface area contributed by atoms with E-state index < -0.39 is 0 Å². The van der Waals surface area contributed by atoms with E-state index in [0.717, 1.165) is 13.0 Å². The van der Waals surface area contributed by atoms with Gasteiger partial charge >= 0.3 is 5.97 Å². The number of thioether (sulfide) groups is 1. The molecule has 3 aromatic carbocycles. The van der Waals surface area contributed by atoms with Gasteiger partial charge in [0.05, 0.1) is 7.11 Å². The smallest absolute Gasteiger partial charge is 0.305 e. The highest BCUT2D eigenvalue weighted by molar-refractivity contribution is 7.99. The van der Waals surface area contributed by atoms with Crippen molar-refractivity contribution in [2.45, 2.75) is 31.5 Å². The lowest BCUT2D eigenvalue weighted by molar-refractivity contribution is -0.140. The molecule has 0 aliphatic rings. The molecule has 0 bridgehead atoms. The second-order valence-corrected chi connectivity index (χ2v) is 9.10. The van der Waals surface area contributed by atoms with Crippen molar-refractivity contribution in [3.05, 3.63) is 95.1 Å². The van der Waals surface area contributed by atoms with E-state index in [2.05, 4.69) is 94.4 Å². The van der Waals surface area contributed by atoms with E-state index in [9.17, 15) is 4.79 Å². The normalized spacial score (nSPS) is 11.3. The summed E-state index contributed by atoms with van der Waals surface area (Å²) in [5.74, 6) is 0.725. The Labute approximate surface area is 198 Å². The van der Waals surface area contributed by atoms with Crippen LogP contribution in [-0.2, 0) is 16.0 Å². The number of carbonyl (C=O) groups excluding carboxylic acids is 1. The fourth-order valence-corrected chi connectivity index (χ4v) is 4.52. The van der Waals surface area contributed by atoms with Crippen LogP contribution in [0.2, 0.25) is 6.82 Å². The molecule has 2 nitrogen and oxygen atoms in total. The average molecular weight is 440 g/mol. The molecule has 5 heteroatoms. The van der Waals surface area contributed by atoms with Crippen LogP contribution in [0.15, 0.2) is 77.7 Å². The van der Waals surface area contributed by atoms with Gasteiger partial charge in [-0.2, -0.15) is 0 Å². The minimum absolute atomic E-state index is 0.163. The topological polar surface area (TPSA) is 26.3 Å². The van der Waals surface area contributed by atoms with Gasteiger partial charge in [-0.25, -0.2) is 0 Å². The highest BCUT2D eigenvalue weighted by Gasteiger charge is 2.07. The molecule has 0 heterocycles. The zero-order valence-corrected chi connectivity index (χ0v) is 20.3. The van der Waals surface area contributed by atoms with Crippen LogP contribution in [0.3, 0.4) is 0 Å². The Hall–Kier alpha value is -2.65. The molecule has 0 amide bonds. The van der Waals surface area contributed by atoms with Crippen LogP contribution in [-0.4, -0.2) is 34.0 Å². The van der Waals surface area contributed by atoms with Crippen LogP contribution in [0.4, 0.5) is 0 Å². The number of hydrogen-bond acceptors (Lipinski definition) is 3. The zero-order chi connectivity index (χ0) is 22.9. The molecule has 162 valence electrons. The maximum absolute atomic E-state index is 11.4. The second-order valence-electron chi connectivity index (χ2n) is 8.01. The first-order valence-corrected chi connectivity index (χ1v) is 12.1. The van der Waals surface area contributed by atoms with E-state index in [-0.39, 0.29) is 5.97 Å². The maximum Gasteiger partial charge on any atom is 0.305 e. The van der Waals surface area contributed by atoms with E-state index in [4.69, 9.17) is 4.74 Å². The highest BCUT2D eigenvalue weighted by Crippen LogP contribution is 2.27. The third-order valence-corrected chi connectivity index (χ3v) is 6.63. The van der Waals surface area contributed by atoms with Crippen LogP contribution < -0.4 is 10.9 Å². The Kier molecular flexibility index (Phi) is 8.87. The average Bonchev–Trinajstić information content (AvgIpc) is 2.82. The molecule has 0 spiro atoms. The predicted octanol–water partition coefficient (Wildman–Crippen LogP) is 3.69. The van der Waals surface area contributed by atoms with E-state index in [1.807, 2.05) is 11.8 Å². The molecule has 0 atom stereocenters. The predicted molar refractivity (Wildman–Crippen MR) is 143 cm³/mol. The van der Waals surface area contributed by atoms with Gasteiger partial charge in [0.1, 0.15) is 7.85 Å². The van der Waals surface area contributed by atoms with Crippen molar-refractivity contribution in [3.8, 4) is 0 Å². The molecular weight excluding hydrogens is 410 g/mol. The summed E-state index contributed by atoms with van der Waals surface area (Å²) < 4.78 is 4.75. The molecule has 3 rings (SSSR count). The quantitative estimate of drug-likeness (QED) is 0.289. The molecular formula is C27H30B2O2S. The summed E-state index contributed by atoms with van der Waals surface area (Å²) in [4.78, 5) is 12.7. The lowest BCUT2D eigenvalue weighted by atomic mass is 9.73. The molecule has 3 aromatic rings. The molecule has 0 aromatic heterocycles. The largest absolute Gasteiger partial charge is 0.469 e. The van der Waals surface area contributed by atoms with Gasteiger partial charge < -0.3 is 4.74 Å². The summed E-state index contributed by atoms with van der Waals surface area (Å²) >= 11 is 1.83. The van der Waals surface area contributed by atoms with Crippen molar-refractivity contribution in [1.29, 1.82) is 0 Å². The Bertz CT molecular complexity index is 1070. The fourth-order valence-electron chi connectivity index (χ4n) is 3.65. The molecule has 0 N–H and O–H groups in total. The highest BCUT2D eigenvalue weighted by atomic mass is 32.2. The van der Waals surface area contributed by atoms with Crippen molar-refractivity contribution in [3.63, 3.8) is 0 Å². The molecule has 0 aliphatic carbocycles. The van der Waals surface area contributed by atoms with Crippen LogP contribution in [0.25, 0.3) is 5.57 Å². The Balaban J connectivity index is 1.76. The Morgan fingerprint density at radius 1 is 1.03 bits per heavy atom. The molecule has 0 saturated heterocycles. The second kappa shape index (κ2) is 11.8. The SMILES string of the molecule is Bc1ccc(/C(=C\CSc2ccc(CCC(=O)OC)c(C)c2)c2ccc(BC)cc2)cc1. The van der Waals surface area contributed by atoms with Crippen molar-refractivity contribution in [2.75, 3.05) is 12.9 Å². The number of carbonyl (C=O) groups is 1. The number of hydrogen-bond donors (Lipinski definition) is 0. The minimum Gasteiger partial charge on any atom is -0.469 e. The van der Waals surface area contributed by atoms with Crippen LogP contribution in [0.1, 0.15) is 28.7 Å². The van der Waals surface area contributed by atoms with E-state index >= 15 is 0 Å². The van der Waals surface area contributed by atoms with Crippen molar-refractivity contribution < 1.29 is 9.53 Å². The number of rotatable bonds is 9. The fraction of sp³-hybridized carbons (Fsp3) is 0.222. The summed E-state index contributed by atoms with van der Waals surface area (Å²) in [5, 5.41) is 0. The van der Waals surface area contributed by atoms with Crippen LogP contribution in [0, 0.1) is 6.92 Å². The van der Waals surface area contributed by atoms with Gasteiger partial charge in [0, 0.05) is 17.1 Å². The standard InChI is InChI=1S/C27H30B2O2S/c1-19-18-25(14-8-20(19)9-15-27(30)31-3)32-17-16-26(21-4-10-23(28)11-5-21)22-6-12-24(29-2)13-7-22/h4-8,10-14,16,18,29H,9,15,17,28H2,1-3H3/b26-16+. The minimum atomic E-state index is -0.163. The Morgan fingerprint density at radius 3 is 2.28 bits per heavy atom. The van der Waals surface area contributed by atoms with Gasteiger partial charge in [-0.15, -0.1) is 11.8 Å². The van der Waals surface area contributed by atoms with Crippen molar-refractivity contribution in [2.24, 2.45) is 0 Å². The monoisotopic (exact) mass is 440 g/mol. The van der Waals surface area contributed by atoms with Gasteiger partial charge in [0.15, 0.2) is 7.28 Å². The van der Waals surface area contributed by atoms with Gasteiger partial charge in [-0.3, -0.25) is 4.79 Å². The Morgan fingerprint density at radius 2 is 1.69 bits per heavy atom. The molecule has 0 fully saturated rings. The first-order valence-electron chi connectivity index (χ1n) is 11.2. The third-order valence-electron chi connectivity index (χ3n) is 5.71. The number of ether oxygens (including phenoxy) is 1. The molecule has 0 unspecified atom stereocenters. The molecule has 0 saturated carbocycles. The molecule has 0 radical (unpaired) electrons. The summed E-state index contributed by atoms with van der Waals surface area (Å²) in [7, 11) is 4.61. The van der Waals surface area contributed by atoms with Crippen LogP contribution in [0.5, 0.6) is 0 Å². The summed E-state index contributed by atoms with van der Waals surface area (Å²) in [6, 6.07) is 24.2. The zero-order valence-electron chi connectivity index (χ0n) is 19.5. The lowest BCUT2D eigenvalue weighted by Crippen LogP contribution is -2.09. The molecule has 32 heavy (non-hydrogen) atoms. The maximum atomic E-state index is 11.4. The number of esters is 1. The summed E-state index contributed by atoms with van der Waals surface area (Å²) in [5.41, 5.74) is 8.81. The van der Waals surface area contributed by atoms with Crippen molar-refractivity contribution >= 4 is 49.4 Å². The first-order chi connectivity index (χ1) is 15.5. The number of aryl methyl sites for hydroxylation is 2. The lowest BCUT2D eigenvalue weighted by Gasteiger charge is -2.11.